The fraction of sp³-hybridized carbons (Fsp3) is 0.222. The summed E-state index contributed by atoms with van der Waals surface area (Å²) in [4.78, 5) is 17.8. The van der Waals surface area contributed by atoms with Crippen LogP contribution in [0.1, 0.15) is 27.3 Å². The van der Waals surface area contributed by atoms with Crippen LogP contribution in [-0.4, -0.2) is 20.3 Å². The van der Waals surface area contributed by atoms with Gasteiger partial charge in [0.25, 0.3) is 5.91 Å². The molecule has 0 unspecified atom stereocenters. The van der Waals surface area contributed by atoms with Crippen molar-refractivity contribution in [3.8, 4) is 5.82 Å². The van der Waals surface area contributed by atoms with Gasteiger partial charge in [0.15, 0.2) is 0 Å². The summed E-state index contributed by atoms with van der Waals surface area (Å²) in [5.74, 6) is 0.400. The van der Waals surface area contributed by atoms with Gasteiger partial charge >= 0.3 is 0 Å². The second-order valence-corrected chi connectivity index (χ2v) is 5.66. The quantitative estimate of drug-likeness (QED) is 0.734. The molecule has 0 atom stereocenters. The minimum absolute atomic E-state index is 0.309. The molecule has 0 aliphatic heterocycles. The first-order valence-electron chi connectivity index (χ1n) is 7.71. The van der Waals surface area contributed by atoms with E-state index in [2.05, 4.69) is 10.6 Å². The van der Waals surface area contributed by atoms with E-state index in [0.717, 1.165) is 22.8 Å². The number of benzene rings is 1. The summed E-state index contributed by atoms with van der Waals surface area (Å²) < 4.78 is 3.69. The lowest BCUT2D eigenvalue weighted by Gasteiger charge is -2.12. The summed E-state index contributed by atoms with van der Waals surface area (Å²) >= 11 is 0. The van der Waals surface area contributed by atoms with Crippen molar-refractivity contribution in [1.29, 1.82) is 0 Å². The van der Waals surface area contributed by atoms with Crippen molar-refractivity contribution in [3.63, 3.8) is 0 Å². The van der Waals surface area contributed by atoms with Crippen molar-refractivity contribution < 1.29 is 9.63 Å². The van der Waals surface area contributed by atoms with Crippen LogP contribution in [0.25, 0.3) is 5.82 Å². The van der Waals surface area contributed by atoms with Gasteiger partial charge in [0.05, 0.1) is 12.8 Å². The Morgan fingerprint density at radius 3 is 2.46 bits per heavy atom. The maximum Gasteiger partial charge on any atom is 0.280 e. The van der Waals surface area contributed by atoms with Gasteiger partial charge in [-0.3, -0.25) is 14.3 Å². The monoisotopic (exact) mass is 324 g/mol. The number of nitrogens with zero attached hydrogens (tertiary/aromatic N) is 3. The molecule has 0 spiro atoms. The zero-order chi connectivity index (χ0) is 17.1. The summed E-state index contributed by atoms with van der Waals surface area (Å²) in [7, 11) is 1.82. The lowest BCUT2D eigenvalue weighted by Crippen LogP contribution is -2.25. The maximum atomic E-state index is 12.5. The molecule has 6 heteroatoms. The van der Waals surface area contributed by atoms with Crippen molar-refractivity contribution in [2.75, 3.05) is 0 Å². The van der Waals surface area contributed by atoms with Crippen LogP contribution in [-0.2, 0) is 18.5 Å². The molecule has 3 rings (SSSR count). The summed E-state index contributed by atoms with van der Waals surface area (Å²) in [5.41, 5.74) is 6.02. The molecule has 0 aliphatic carbocycles. The average molecular weight is 324 g/mol. The number of hydrogen-bond donors (Lipinski definition) is 1. The lowest BCUT2D eigenvalue weighted by molar-refractivity contribution is 0.0233. The molecule has 1 aromatic carbocycles. The highest BCUT2D eigenvalue weighted by Crippen LogP contribution is 2.19. The van der Waals surface area contributed by atoms with Crippen molar-refractivity contribution in [2.45, 2.75) is 20.5 Å². The van der Waals surface area contributed by atoms with Gasteiger partial charge < -0.3 is 4.57 Å². The minimum atomic E-state index is -0.318. The Morgan fingerprint density at radius 2 is 1.79 bits per heavy atom. The maximum absolute atomic E-state index is 12.5. The summed E-state index contributed by atoms with van der Waals surface area (Å²) in [5, 5.41) is 4.22. The average Bonchev–Trinajstić information content (AvgIpc) is 3.10. The predicted molar refractivity (Wildman–Crippen MR) is 90.7 cm³/mol. The molecule has 0 radical (unpaired) electrons. The molecule has 0 saturated heterocycles. The lowest BCUT2D eigenvalue weighted by atomic mass is 10.2. The Balaban J connectivity index is 1.77. The summed E-state index contributed by atoms with van der Waals surface area (Å²) in [6.45, 7) is 4.30. The number of aromatic nitrogens is 3. The van der Waals surface area contributed by atoms with E-state index in [1.165, 1.54) is 0 Å². The van der Waals surface area contributed by atoms with E-state index in [9.17, 15) is 4.79 Å². The fourth-order valence-electron chi connectivity index (χ4n) is 2.67. The number of amides is 1. The van der Waals surface area contributed by atoms with Gasteiger partial charge in [-0.2, -0.15) is 5.10 Å². The number of hydrogen-bond acceptors (Lipinski definition) is 3. The summed E-state index contributed by atoms with van der Waals surface area (Å²) in [6.07, 6.45) is 1.55. The van der Waals surface area contributed by atoms with Crippen molar-refractivity contribution in [1.82, 2.24) is 19.8 Å². The zero-order valence-electron chi connectivity index (χ0n) is 14.0. The van der Waals surface area contributed by atoms with Crippen LogP contribution in [0, 0.1) is 13.8 Å². The molecule has 1 N–H and O–H groups in total. The second kappa shape index (κ2) is 6.72. The van der Waals surface area contributed by atoms with E-state index in [4.69, 9.17) is 4.84 Å². The second-order valence-electron chi connectivity index (χ2n) is 5.66. The molecule has 3 aromatic rings. The van der Waals surface area contributed by atoms with Crippen LogP contribution < -0.4 is 5.48 Å². The number of nitrogens with one attached hydrogen (secondary N) is 1. The number of hydroxylamine groups is 1. The fourth-order valence-corrected chi connectivity index (χ4v) is 2.67. The van der Waals surface area contributed by atoms with Gasteiger partial charge in [-0.1, -0.05) is 30.3 Å². The van der Waals surface area contributed by atoms with Crippen LogP contribution in [0.15, 0.2) is 48.7 Å². The van der Waals surface area contributed by atoms with Crippen LogP contribution in [0.4, 0.5) is 0 Å². The highest BCUT2D eigenvalue weighted by molar-refractivity contribution is 5.96. The first-order valence-corrected chi connectivity index (χ1v) is 7.71. The molecule has 2 heterocycles. The number of carbonyl (C=O) groups excluding carboxylic acids is 1. The highest BCUT2D eigenvalue weighted by atomic mass is 16.6. The number of rotatable bonds is 5. The summed E-state index contributed by atoms with van der Waals surface area (Å²) in [6, 6.07) is 13.7. The molecule has 0 aliphatic rings. The van der Waals surface area contributed by atoms with Gasteiger partial charge in [0.1, 0.15) is 11.4 Å². The van der Waals surface area contributed by atoms with Gasteiger partial charge in [0, 0.05) is 18.4 Å². The van der Waals surface area contributed by atoms with Crippen molar-refractivity contribution in [3.05, 3.63) is 71.2 Å². The Morgan fingerprint density at radius 1 is 1.12 bits per heavy atom. The minimum Gasteiger partial charge on any atom is -0.303 e. The van der Waals surface area contributed by atoms with E-state index in [-0.39, 0.29) is 5.91 Å². The molecule has 0 saturated carbocycles. The first kappa shape index (κ1) is 16.0. The van der Waals surface area contributed by atoms with Crippen molar-refractivity contribution >= 4 is 5.91 Å². The highest BCUT2D eigenvalue weighted by Gasteiger charge is 2.19. The topological polar surface area (TPSA) is 61.1 Å². The van der Waals surface area contributed by atoms with Crippen LogP contribution in [0.5, 0.6) is 0 Å². The predicted octanol–water partition coefficient (Wildman–Crippen LogP) is 2.69. The standard InChI is InChI=1S/C18H20N4O2/c1-13-9-10-14(2)22(13)18-16(11-19-21(18)3)17(23)20-24-12-15-7-5-4-6-8-15/h4-11H,12H2,1-3H3,(H,20,23). The molecule has 6 nitrogen and oxygen atoms in total. The smallest absolute Gasteiger partial charge is 0.280 e. The van der Waals surface area contributed by atoms with Gasteiger partial charge in [0.2, 0.25) is 0 Å². The van der Waals surface area contributed by atoms with Crippen LogP contribution in [0.3, 0.4) is 0 Å². The molecular weight excluding hydrogens is 304 g/mol. The normalized spacial score (nSPS) is 10.8. The Bertz CT molecular complexity index is 830. The third-order valence-electron chi connectivity index (χ3n) is 3.88. The molecule has 2 aromatic heterocycles. The zero-order valence-corrected chi connectivity index (χ0v) is 14.0. The third kappa shape index (κ3) is 3.09. The van der Waals surface area contributed by atoms with E-state index in [0.29, 0.717) is 12.2 Å². The molecule has 1 amide bonds. The largest absolute Gasteiger partial charge is 0.303 e. The van der Waals surface area contributed by atoms with E-state index in [1.807, 2.05) is 67.9 Å². The Kier molecular flexibility index (Phi) is 4.48. The van der Waals surface area contributed by atoms with E-state index >= 15 is 0 Å². The molecule has 0 fully saturated rings. The van der Waals surface area contributed by atoms with Crippen LogP contribution in [0.2, 0.25) is 0 Å². The molecule has 24 heavy (non-hydrogen) atoms. The Labute approximate surface area is 140 Å². The Hall–Kier alpha value is -2.86. The first-order chi connectivity index (χ1) is 11.6. The van der Waals surface area contributed by atoms with Crippen LogP contribution >= 0.6 is 0 Å². The third-order valence-corrected chi connectivity index (χ3v) is 3.88. The number of carbonyl (C=O) groups is 1. The van der Waals surface area contributed by atoms with E-state index < -0.39 is 0 Å². The van der Waals surface area contributed by atoms with Gasteiger partial charge in [-0.15, -0.1) is 0 Å². The molecule has 0 bridgehead atoms. The van der Waals surface area contributed by atoms with Gasteiger partial charge in [-0.05, 0) is 31.5 Å². The van der Waals surface area contributed by atoms with Crippen molar-refractivity contribution in [2.24, 2.45) is 7.05 Å². The van der Waals surface area contributed by atoms with E-state index in [1.54, 1.807) is 10.9 Å². The molecule has 124 valence electrons. The van der Waals surface area contributed by atoms with Gasteiger partial charge in [-0.25, -0.2) is 5.48 Å². The molecular formula is C18H20N4O2. The number of aryl methyl sites for hydroxylation is 3. The SMILES string of the molecule is Cc1ccc(C)n1-c1c(C(=O)NOCc2ccccc2)cnn1C.